The second kappa shape index (κ2) is 9.32. The van der Waals surface area contributed by atoms with Crippen molar-refractivity contribution in [2.75, 3.05) is 7.05 Å². The molecule has 0 fully saturated rings. The molecule has 2 aromatic heterocycles. The lowest BCUT2D eigenvalue weighted by Gasteiger charge is -2.08. The fourth-order valence-electron chi connectivity index (χ4n) is 2.18. The third kappa shape index (κ3) is 5.28. The Hall–Kier alpha value is -2.43. The van der Waals surface area contributed by atoms with Gasteiger partial charge in [-0.15, -0.1) is 24.0 Å². The van der Waals surface area contributed by atoms with Crippen LogP contribution < -0.4 is 10.6 Å². The normalized spacial score (nSPS) is 11.1. The average Bonchev–Trinajstić information content (AvgIpc) is 3.25. The summed E-state index contributed by atoms with van der Waals surface area (Å²) in [5, 5.41) is 10.0. The number of benzene rings is 1. The molecule has 138 valence electrons. The lowest BCUT2D eigenvalue weighted by atomic mass is 10.1. The fourth-order valence-corrected chi connectivity index (χ4v) is 2.18. The molecule has 0 atom stereocenters. The van der Waals surface area contributed by atoms with E-state index in [-0.39, 0.29) is 24.0 Å². The van der Waals surface area contributed by atoms with Gasteiger partial charge in [0.15, 0.2) is 11.8 Å². The zero-order valence-electron chi connectivity index (χ0n) is 14.8. The largest absolute Gasteiger partial charge is 0.444 e. The lowest BCUT2D eigenvalue weighted by molar-refractivity contribution is 0.371. The number of aryl methyl sites for hydroxylation is 2. The highest BCUT2D eigenvalue weighted by Gasteiger charge is 2.08. The highest BCUT2D eigenvalue weighted by Crippen LogP contribution is 2.18. The van der Waals surface area contributed by atoms with E-state index in [2.05, 4.69) is 30.8 Å². The van der Waals surface area contributed by atoms with Gasteiger partial charge in [-0.1, -0.05) is 22.9 Å². The van der Waals surface area contributed by atoms with Crippen LogP contribution in [0, 0.1) is 13.8 Å². The van der Waals surface area contributed by atoms with Crippen LogP contribution in [0.4, 0.5) is 0 Å². The topological polar surface area (TPSA) is 101 Å². The van der Waals surface area contributed by atoms with Crippen LogP contribution in [0.2, 0.25) is 0 Å². The second-order valence-electron chi connectivity index (χ2n) is 5.52. The molecule has 3 rings (SSSR count). The molecule has 0 unspecified atom stereocenters. The summed E-state index contributed by atoms with van der Waals surface area (Å²) < 4.78 is 10.6. The van der Waals surface area contributed by atoms with Crippen molar-refractivity contribution in [3.05, 3.63) is 53.5 Å². The maximum atomic E-state index is 5.54. The van der Waals surface area contributed by atoms with Gasteiger partial charge in [0.25, 0.3) is 0 Å². The van der Waals surface area contributed by atoms with Gasteiger partial charge in [0.05, 0.1) is 18.8 Å². The summed E-state index contributed by atoms with van der Waals surface area (Å²) in [6.07, 6.45) is 1.64. The molecule has 0 amide bonds. The van der Waals surface area contributed by atoms with Crippen molar-refractivity contribution in [3.63, 3.8) is 0 Å². The number of aromatic nitrogens is 3. The van der Waals surface area contributed by atoms with E-state index >= 15 is 0 Å². The Balaban J connectivity index is 0.00000243. The molecule has 0 bridgehead atoms. The summed E-state index contributed by atoms with van der Waals surface area (Å²) in [5.41, 5.74) is 2.93. The van der Waals surface area contributed by atoms with Crippen LogP contribution in [0.25, 0.3) is 11.5 Å². The predicted octanol–water partition coefficient (Wildman–Crippen LogP) is 2.82. The third-order valence-electron chi connectivity index (χ3n) is 3.49. The molecular weight excluding hydrogens is 447 g/mol. The van der Waals surface area contributed by atoms with Gasteiger partial charge in [-0.3, -0.25) is 4.99 Å². The molecule has 0 aliphatic rings. The number of aliphatic imine (C=N–C) groups is 1. The minimum absolute atomic E-state index is 0. The SMILES string of the molecule is CN=C(NCc1coc(-c2ccc(C)cc2)n1)NCc1nc(C)no1.I. The molecular formula is C17H21IN6O2. The van der Waals surface area contributed by atoms with Gasteiger partial charge in [0, 0.05) is 12.6 Å². The molecule has 0 saturated heterocycles. The third-order valence-corrected chi connectivity index (χ3v) is 3.49. The van der Waals surface area contributed by atoms with Crippen LogP contribution >= 0.6 is 24.0 Å². The quantitative estimate of drug-likeness (QED) is 0.337. The van der Waals surface area contributed by atoms with E-state index in [0.29, 0.717) is 36.7 Å². The fraction of sp³-hybridized carbons (Fsp3) is 0.294. The van der Waals surface area contributed by atoms with E-state index in [1.54, 1.807) is 20.2 Å². The molecule has 0 saturated carbocycles. The van der Waals surface area contributed by atoms with Gasteiger partial charge in [-0.2, -0.15) is 4.98 Å². The summed E-state index contributed by atoms with van der Waals surface area (Å²) >= 11 is 0. The summed E-state index contributed by atoms with van der Waals surface area (Å²) in [7, 11) is 1.69. The maximum absolute atomic E-state index is 5.54. The van der Waals surface area contributed by atoms with E-state index in [1.807, 2.05) is 31.2 Å². The first-order chi connectivity index (χ1) is 12.1. The minimum atomic E-state index is 0. The van der Waals surface area contributed by atoms with Crippen molar-refractivity contribution in [3.8, 4) is 11.5 Å². The first kappa shape index (κ1) is 19.9. The summed E-state index contributed by atoms with van der Waals surface area (Å²) in [5.74, 6) is 2.31. The van der Waals surface area contributed by atoms with Crippen molar-refractivity contribution < 1.29 is 8.94 Å². The molecule has 0 radical (unpaired) electrons. The molecule has 1 aromatic carbocycles. The highest BCUT2D eigenvalue weighted by atomic mass is 127. The smallest absolute Gasteiger partial charge is 0.246 e. The van der Waals surface area contributed by atoms with Crippen LogP contribution in [-0.4, -0.2) is 28.1 Å². The Morgan fingerprint density at radius 3 is 2.46 bits per heavy atom. The van der Waals surface area contributed by atoms with Crippen LogP contribution in [0.5, 0.6) is 0 Å². The number of oxazole rings is 1. The van der Waals surface area contributed by atoms with Crippen LogP contribution in [0.15, 0.2) is 44.5 Å². The lowest BCUT2D eigenvalue weighted by Crippen LogP contribution is -2.36. The molecule has 2 N–H and O–H groups in total. The van der Waals surface area contributed by atoms with Crippen LogP contribution in [0.1, 0.15) is 23.0 Å². The van der Waals surface area contributed by atoms with Gasteiger partial charge in [-0.25, -0.2) is 4.98 Å². The number of rotatable bonds is 5. The Morgan fingerprint density at radius 1 is 1.08 bits per heavy atom. The van der Waals surface area contributed by atoms with E-state index in [4.69, 9.17) is 8.94 Å². The van der Waals surface area contributed by atoms with Gasteiger partial charge >= 0.3 is 0 Å². The van der Waals surface area contributed by atoms with Crippen molar-refractivity contribution in [2.45, 2.75) is 26.9 Å². The van der Waals surface area contributed by atoms with Gasteiger partial charge in [0.2, 0.25) is 11.8 Å². The predicted molar refractivity (Wildman–Crippen MR) is 108 cm³/mol. The number of guanidine groups is 1. The molecule has 9 heteroatoms. The first-order valence-electron chi connectivity index (χ1n) is 7.89. The molecule has 2 heterocycles. The Kier molecular flexibility index (Phi) is 7.13. The van der Waals surface area contributed by atoms with Gasteiger partial charge < -0.3 is 19.6 Å². The number of halogens is 1. The molecule has 0 aliphatic carbocycles. The van der Waals surface area contributed by atoms with E-state index in [9.17, 15) is 0 Å². The molecule has 0 aliphatic heterocycles. The Morgan fingerprint density at radius 2 is 1.81 bits per heavy atom. The zero-order valence-corrected chi connectivity index (χ0v) is 17.1. The van der Waals surface area contributed by atoms with Crippen LogP contribution in [-0.2, 0) is 13.1 Å². The van der Waals surface area contributed by atoms with Gasteiger partial charge in [-0.05, 0) is 26.0 Å². The molecule has 8 nitrogen and oxygen atoms in total. The number of nitrogens with zero attached hydrogens (tertiary/aromatic N) is 4. The standard InChI is InChI=1S/C17H20N6O2.HI/c1-11-4-6-13(7-5-11)16-22-14(10-24-16)8-19-17(18-3)20-9-15-21-12(2)23-25-15;/h4-7,10H,8-9H2,1-3H3,(H2,18,19,20);1H. The monoisotopic (exact) mass is 468 g/mol. The van der Waals surface area contributed by atoms with E-state index < -0.39 is 0 Å². The van der Waals surface area contributed by atoms with Crippen molar-refractivity contribution in [1.29, 1.82) is 0 Å². The van der Waals surface area contributed by atoms with E-state index in [0.717, 1.165) is 11.3 Å². The summed E-state index contributed by atoms with van der Waals surface area (Å²) in [6, 6.07) is 8.04. The number of hydrogen-bond donors (Lipinski definition) is 2. The van der Waals surface area contributed by atoms with Crippen molar-refractivity contribution in [1.82, 2.24) is 25.8 Å². The number of hydrogen-bond acceptors (Lipinski definition) is 6. The first-order valence-corrected chi connectivity index (χ1v) is 7.89. The highest BCUT2D eigenvalue weighted by molar-refractivity contribution is 14.0. The number of nitrogens with one attached hydrogen (secondary N) is 2. The van der Waals surface area contributed by atoms with Gasteiger partial charge in [0.1, 0.15) is 6.26 Å². The molecule has 0 spiro atoms. The zero-order chi connectivity index (χ0) is 17.6. The maximum Gasteiger partial charge on any atom is 0.246 e. The Bertz CT molecular complexity index is 856. The van der Waals surface area contributed by atoms with E-state index in [1.165, 1.54) is 5.56 Å². The second-order valence-corrected chi connectivity index (χ2v) is 5.52. The summed E-state index contributed by atoms with van der Waals surface area (Å²) in [6.45, 7) is 4.70. The van der Waals surface area contributed by atoms with Crippen molar-refractivity contribution in [2.24, 2.45) is 4.99 Å². The van der Waals surface area contributed by atoms with Crippen LogP contribution in [0.3, 0.4) is 0 Å². The average molecular weight is 468 g/mol. The Labute approximate surface area is 168 Å². The summed E-state index contributed by atoms with van der Waals surface area (Å²) in [4.78, 5) is 12.8. The molecule has 26 heavy (non-hydrogen) atoms. The molecule has 3 aromatic rings. The van der Waals surface area contributed by atoms with Crippen molar-refractivity contribution >= 4 is 29.9 Å². The minimum Gasteiger partial charge on any atom is -0.444 e.